The molecule has 0 radical (unpaired) electrons. The van der Waals surface area contributed by atoms with Crippen LogP contribution < -0.4 is 21.9 Å². The lowest BCUT2D eigenvalue weighted by Crippen LogP contribution is -2.29. The molecule has 0 aliphatic heterocycles. The Morgan fingerprint density at radius 2 is 1.89 bits per heavy atom. The summed E-state index contributed by atoms with van der Waals surface area (Å²) in [4.78, 5) is 38.4. The number of nitrogens with zero attached hydrogens (tertiary/aromatic N) is 4. The summed E-state index contributed by atoms with van der Waals surface area (Å²) in [6, 6.07) is 10.5. The van der Waals surface area contributed by atoms with Gasteiger partial charge < -0.3 is 16.4 Å². The highest BCUT2D eigenvalue weighted by molar-refractivity contribution is 6.16. The largest absolute Gasteiger partial charge is 0.383 e. The molecule has 11 heteroatoms. The summed E-state index contributed by atoms with van der Waals surface area (Å²) in [5, 5.41) is 14.7. The van der Waals surface area contributed by atoms with Crippen LogP contribution in [0.25, 0.3) is 10.9 Å². The second-order valence-electron chi connectivity index (χ2n) is 9.13. The standard InChI is InChI=1S/C27H27FN8O2/c1-3-18(25-35-19-6-4-5-17(28)20(19)27(38)36(25)16-11-12-16)34-24-21(23(30)32-13-33-24)22(29)14-7-9-15(10-8-14)26(37)31-2/h4-10,13,16,18,29H,3,11-12H2,1-2H3,(H,31,37)(H3,30,32,33,34). The van der Waals surface area contributed by atoms with Crippen LogP contribution in [0.15, 0.2) is 53.6 Å². The fourth-order valence-corrected chi connectivity index (χ4v) is 4.50. The molecule has 4 aromatic rings. The third-order valence-corrected chi connectivity index (χ3v) is 6.64. The van der Waals surface area contributed by atoms with Gasteiger partial charge in [-0.25, -0.2) is 19.3 Å². The van der Waals surface area contributed by atoms with Gasteiger partial charge in [0.05, 0.1) is 22.8 Å². The highest BCUT2D eigenvalue weighted by Crippen LogP contribution is 2.37. The van der Waals surface area contributed by atoms with Crippen molar-refractivity contribution in [2.24, 2.45) is 0 Å². The van der Waals surface area contributed by atoms with Gasteiger partial charge in [-0.15, -0.1) is 0 Å². The van der Waals surface area contributed by atoms with Crippen molar-refractivity contribution in [3.8, 4) is 0 Å². The lowest BCUT2D eigenvalue weighted by molar-refractivity contribution is 0.0963. The quantitative estimate of drug-likeness (QED) is 0.262. The average molecular weight is 515 g/mol. The van der Waals surface area contributed by atoms with Crippen molar-refractivity contribution >= 4 is 34.2 Å². The minimum absolute atomic E-state index is 0.0213. The fraction of sp³-hybridized carbons (Fsp3) is 0.259. The third kappa shape index (κ3) is 4.47. The molecule has 2 heterocycles. The summed E-state index contributed by atoms with van der Waals surface area (Å²) >= 11 is 0. The van der Waals surface area contributed by atoms with Gasteiger partial charge in [-0.2, -0.15) is 0 Å². The summed E-state index contributed by atoms with van der Waals surface area (Å²) in [6.07, 6.45) is 3.45. The Labute approximate surface area is 217 Å². The monoisotopic (exact) mass is 514 g/mol. The lowest BCUT2D eigenvalue weighted by atomic mass is 10.0. The number of carbonyl (C=O) groups is 1. The van der Waals surface area contributed by atoms with Crippen molar-refractivity contribution in [1.82, 2.24) is 24.8 Å². The van der Waals surface area contributed by atoms with E-state index in [1.54, 1.807) is 41.9 Å². The smallest absolute Gasteiger partial charge is 0.264 e. The zero-order chi connectivity index (χ0) is 27.0. The van der Waals surface area contributed by atoms with Crippen molar-refractivity contribution in [1.29, 1.82) is 5.41 Å². The van der Waals surface area contributed by atoms with Crippen molar-refractivity contribution in [2.45, 2.75) is 38.3 Å². The summed E-state index contributed by atoms with van der Waals surface area (Å²) in [6.45, 7) is 1.93. The van der Waals surface area contributed by atoms with Gasteiger partial charge in [0.1, 0.15) is 35.0 Å². The number of anilines is 2. The number of carbonyl (C=O) groups excluding carboxylic acids is 1. The summed E-state index contributed by atoms with van der Waals surface area (Å²) in [7, 11) is 1.55. The molecule has 5 rings (SSSR count). The number of hydrogen-bond donors (Lipinski definition) is 4. The zero-order valence-corrected chi connectivity index (χ0v) is 21.0. The number of halogens is 1. The van der Waals surface area contributed by atoms with Gasteiger partial charge in [0.2, 0.25) is 0 Å². The molecule has 1 aliphatic rings. The van der Waals surface area contributed by atoms with Gasteiger partial charge in [-0.3, -0.25) is 19.6 Å². The SMILES string of the molecule is CCC(Nc1ncnc(N)c1C(=N)c1ccc(C(=O)NC)cc1)c1nc2cccc(F)c2c(=O)n1C1CC1. The van der Waals surface area contributed by atoms with Crippen molar-refractivity contribution in [2.75, 3.05) is 18.1 Å². The van der Waals surface area contributed by atoms with E-state index in [4.69, 9.17) is 16.1 Å². The Kier molecular flexibility index (Phi) is 6.58. The minimum Gasteiger partial charge on any atom is -0.383 e. The van der Waals surface area contributed by atoms with Crippen molar-refractivity contribution in [3.05, 3.63) is 87.5 Å². The molecule has 1 unspecified atom stereocenters. The molecule has 1 aliphatic carbocycles. The average Bonchev–Trinajstić information content (AvgIpc) is 3.76. The molecule has 1 atom stereocenters. The number of rotatable bonds is 8. The van der Waals surface area contributed by atoms with Gasteiger partial charge in [-0.05, 0) is 43.5 Å². The first-order valence-corrected chi connectivity index (χ1v) is 12.3. The Balaban J connectivity index is 1.56. The summed E-state index contributed by atoms with van der Waals surface area (Å²) in [5.41, 5.74) is 7.42. The summed E-state index contributed by atoms with van der Waals surface area (Å²) in [5.74, 6) is 0.0566. The molecule has 2 aromatic heterocycles. The van der Waals surface area contributed by atoms with E-state index in [2.05, 4.69) is 20.6 Å². The molecule has 1 fully saturated rings. The number of aromatic nitrogens is 4. The molecule has 1 amide bonds. The van der Waals surface area contributed by atoms with Gasteiger partial charge in [0.15, 0.2) is 0 Å². The van der Waals surface area contributed by atoms with E-state index in [9.17, 15) is 14.0 Å². The van der Waals surface area contributed by atoms with E-state index in [0.29, 0.717) is 29.2 Å². The molecular formula is C27H27FN8O2. The minimum atomic E-state index is -0.594. The van der Waals surface area contributed by atoms with Crippen LogP contribution in [0.5, 0.6) is 0 Å². The lowest BCUT2D eigenvalue weighted by Gasteiger charge is -2.23. The Morgan fingerprint density at radius 3 is 2.55 bits per heavy atom. The number of amides is 1. The number of nitrogens with two attached hydrogens (primary N) is 1. The van der Waals surface area contributed by atoms with E-state index in [1.165, 1.54) is 18.5 Å². The maximum absolute atomic E-state index is 14.6. The van der Waals surface area contributed by atoms with Gasteiger partial charge >= 0.3 is 0 Å². The fourth-order valence-electron chi connectivity index (χ4n) is 4.50. The van der Waals surface area contributed by atoms with Crippen LogP contribution in [-0.2, 0) is 0 Å². The van der Waals surface area contributed by atoms with E-state index in [-0.39, 0.29) is 39.9 Å². The molecular weight excluding hydrogens is 487 g/mol. The third-order valence-electron chi connectivity index (χ3n) is 6.64. The van der Waals surface area contributed by atoms with Gasteiger partial charge in [0.25, 0.3) is 11.5 Å². The number of hydrogen-bond acceptors (Lipinski definition) is 8. The highest BCUT2D eigenvalue weighted by Gasteiger charge is 2.32. The number of benzene rings is 2. The number of nitrogen functional groups attached to an aromatic ring is 1. The first kappa shape index (κ1) is 25.0. The van der Waals surface area contributed by atoms with Gasteiger partial charge in [-0.1, -0.05) is 25.1 Å². The maximum Gasteiger partial charge on any atom is 0.264 e. The van der Waals surface area contributed by atoms with Crippen LogP contribution in [0.3, 0.4) is 0 Å². The molecule has 1 saturated carbocycles. The topological polar surface area (TPSA) is 152 Å². The second-order valence-corrected chi connectivity index (χ2v) is 9.13. The van der Waals surface area contributed by atoms with Crippen LogP contribution in [0.1, 0.15) is 65.6 Å². The Morgan fingerprint density at radius 1 is 1.18 bits per heavy atom. The van der Waals surface area contributed by atoms with E-state index in [0.717, 1.165) is 12.8 Å². The van der Waals surface area contributed by atoms with Crippen molar-refractivity contribution in [3.63, 3.8) is 0 Å². The van der Waals surface area contributed by atoms with E-state index < -0.39 is 17.4 Å². The Bertz CT molecular complexity index is 1610. The molecule has 10 nitrogen and oxygen atoms in total. The first-order chi connectivity index (χ1) is 18.3. The zero-order valence-electron chi connectivity index (χ0n) is 21.0. The normalized spacial score (nSPS) is 13.8. The molecule has 194 valence electrons. The molecule has 38 heavy (non-hydrogen) atoms. The van der Waals surface area contributed by atoms with Crippen LogP contribution in [-0.4, -0.2) is 38.2 Å². The first-order valence-electron chi connectivity index (χ1n) is 12.3. The van der Waals surface area contributed by atoms with Crippen LogP contribution in [0.4, 0.5) is 16.0 Å². The Hall–Kier alpha value is -4.67. The molecule has 5 N–H and O–H groups in total. The predicted octanol–water partition coefficient (Wildman–Crippen LogP) is 3.58. The molecule has 0 bridgehead atoms. The number of nitrogens with one attached hydrogen (secondary N) is 3. The molecule has 0 spiro atoms. The van der Waals surface area contributed by atoms with Crippen molar-refractivity contribution < 1.29 is 9.18 Å². The molecule has 0 saturated heterocycles. The van der Waals surface area contributed by atoms with E-state index in [1.807, 2.05) is 6.92 Å². The predicted molar refractivity (Wildman–Crippen MR) is 143 cm³/mol. The van der Waals surface area contributed by atoms with Crippen LogP contribution in [0.2, 0.25) is 0 Å². The van der Waals surface area contributed by atoms with Gasteiger partial charge in [0, 0.05) is 24.2 Å². The number of fused-ring (bicyclic) bond motifs is 1. The second kappa shape index (κ2) is 10.0. The van der Waals surface area contributed by atoms with E-state index >= 15 is 0 Å². The summed E-state index contributed by atoms with van der Waals surface area (Å²) < 4.78 is 16.1. The highest BCUT2D eigenvalue weighted by atomic mass is 19.1. The van der Waals surface area contributed by atoms with Crippen LogP contribution >= 0.6 is 0 Å². The van der Waals surface area contributed by atoms with Crippen LogP contribution in [0, 0.1) is 11.2 Å². The molecule has 2 aromatic carbocycles. The maximum atomic E-state index is 14.6.